The molecule has 1 unspecified atom stereocenters. The molecule has 4 atom stereocenters. The van der Waals surface area contributed by atoms with Crippen LogP contribution in [0.1, 0.15) is 59.2 Å². The van der Waals surface area contributed by atoms with Crippen molar-refractivity contribution in [2.24, 2.45) is 0 Å². The largest absolute Gasteiger partial charge is 0.507 e. The lowest BCUT2D eigenvalue weighted by Crippen LogP contribution is -2.64. The number of esters is 1. The van der Waals surface area contributed by atoms with E-state index in [1.54, 1.807) is 13.8 Å². The lowest BCUT2D eigenvalue weighted by atomic mass is 10.0. The van der Waals surface area contributed by atoms with Gasteiger partial charge in [-0.3, -0.25) is 29.0 Å². The van der Waals surface area contributed by atoms with Gasteiger partial charge in [0.05, 0.1) is 13.0 Å². The quantitative estimate of drug-likeness (QED) is 0.419. The Morgan fingerprint density at radius 2 is 1.76 bits per heavy atom. The second-order valence-corrected chi connectivity index (χ2v) is 10.9. The van der Waals surface area contributed by atoms with Crippen molar-refractivity contribution >= 4 is 29.6 Å². The Morgan fingerprint density at radius 3 is 2.48 bits per heavy atom. The molecule has 2 aromatic rings. The highest BCUT2D eigenvalue weighted by atomic mass is 16.7. The van der Waals surface area contributed by atoms with Crippen LogP contribution in [0.15, 0.2) is 42.5 Å². The van der Waals surface area contributed by atoms with E-state index >= 15 is 0 Å². The normalized spacial score (nSPS) is 24.1. The van der Waals surface area contributed by atoms with E-state index in [0.29, 0.717) is 17.5 Å². The number of nitrogens with zero attached hydrogens (tertiary/aromatic N) is 2. The van der Waals surface area contributed by atoms with E-state index in [4.69, 9.17) is 9.47 Å². The molecule has 3 aliphatic heterocycles. The lowest BCUT2D eigenvalue weighted by molar-refractivity contribution is -0.177. The van der Waals surface area contributed by atoms with Crippen molar-refractivity contribution in [3.63, 3.8) is 0 Å². The first kappa shape index (κ1) is 29.1. The molecule has 42 heavy (non-hydrogen) atoms. The average molecular weight is 579 g/mol. The molecule has 222 valence electrons. The summed E-state index contributed by atoms with van der Waals surface area (Å²) < 4.78 is 11.1. The summed E-state index contributed by atoms with van der Waals surface area (Å²) in [6.45, 7) is 3.77. The third kappa shape index (κ3) is 6.08. The first-order valence-corrected chi connectivity index (χ1v) is 14.0. The third-order valence-electron chi connectivity index (χ3n) is 7.77. The molecule has 0 saturated carbocycles. The number of fused-ring (bicyclic) bond motifs is 1. The number of aromatic hydroxyl groups is 1. The highest BCUT2D eigenvalue weighted by Gasteiger charge is 2.46. The molecule has 0 radical (unpaired) electrons. The Labute approximate surface area is 242 Å². The SMILES string of the molecule is Cc1cc(C(=O)N[C@H]2CCC(=O)N3CCC[C@@H](C(=O)N[C@H]4CC(=O)OC4OCc4ccccc4)N3C2=O)cc(C)c1O. The van der Waals surface area contributed by atoms with Gasteiger partial charge in [-0.25, -0.2) is 5.01 Å². The Hall–Kier alpha value is -4.45. The Morgan fingerprint density at radius 1 is 1.05 bits per heavy atom. The molecule has 12 nitrogen and oxygen atoms in total. The molecule has 5 rings (SSSR count). The van der Waals surface area contributed by atoms with Crippen molar-refractivity contribution in [2.45, 2.75) is 77.0 Å². The highest BCUT2D eigenvalue weighted by molar-refractivity contribution is 6.00. The van der Waals surface area contributed by atoms with Crippen LogP contribution in [0.5, 0.6) is 5.75 Å². The van der Waals surface area contributed by atoms with E-state index < -0.39 is 48.1 Å². The van der Waals surface area contributed by atoms with Gasteiger partial charge >= 0.3 is 5.97 Å². The van der Waals surface area contributed by atoms with Crippen molar-refractivity contribution < 1.29 is 38.6 Å². The average Bonchev–Trinajstić information content (AvgIpc) is 3.28. The van der Waals surface area contributed by atoms with Crippen molar-refractivity contribution in [1.29, 1.82) is 0 Å². The summed E-state index contributed by atoms with van der Waals surface area (Å²) in [4.78, 5) is 65.6. The summed E-state index contributed by atoms with van der Waals surface area (Å²) in [6, 6.07) is 9.50. The number of amides is 4. The first-order chi connectivity index (χ1) is 20.1. The van der Waals surface area contributed by atoms with E-state index in [1.807, 2.05) is 30.3 Å². The number of carbonyl (C=O) groups is 5. The highest BCUT2D eigenvalue weighted by Crippen LogP contribution is 2.27. The summed E-state index contributed by atoms with van der Waals surface area (Å²) in [6.07, 6.45) is -0.248. The van der Waals surface area contributed by atoms with Gasteiger partial charge in [0.2, 0.25) is 18.1 Å². The molecule has 2 aromatic carbocycles. The second kappa shape index (κ2) is 12.2. The van der Waals surface area contributed by atoms with Crippen LogP contribution in [-0.2, 0) is 35.3 Å². The van der Waals surface area contributed by atoms with Crippen molar-refractivity contribution in [3.05, 3.63) is 64.7 Å². The summed E-state index contributed by atoms with van der Waals surface area (Å²) >= 11 is 0. The van der Waals surface area contributed by atoms with Gasteiger partial charge in [0.25, 0.3) is 11.8 Å². The van der Waals surface area contributed by atoms with E-state index in [2.05, 4.69) is 10.6 Å². The Kier molecular flexibility index (Phi) is 8.44. The van der Waals surface area contributed by atoms with Gasteiger partial charge in [-0.1, -0.05) is 30.3 Å². The third-order valence-corrected chi connectivity index (χ3v) is 7.77. The summed E-state index contributed by atoms with van der Waals surface area (Å²) in [5, 5.41) is 18.0. The van der Waals surface area contributed by atoms with Crippen molar-refractivity contribution in [3.8, 4) is 5.75 Å². The molecule has 0 aliphatic carbocycles. The molecule has 0 bridgehead atoms. The van der Waals surface area contributed by atoms with Crippen LogP contribution in [0.4, 0.5) is 0 Å². The molecule has 3 N–H and O–H groups in total. The molecule has 3 heterocycles. The van der Waals surface area contributed by atoms with Gasteiger partial charge in [0, 0.05) is 18.5 Å². The summed E-state index contributed by atoms with van der Waals surface area (Å²) in [7, 11) is 0. The number of aryl methyl sites for hydroxylation is 2. The molecular weight excluding hydrogens is 544 g/mol. The van der Waals surface area contributed by atoms with E-state index in [1.165, 1.54) is 17.1 Å². The van der Waals surface area contributed by atoms with Gasteiger partial charge in [0.15, 0.2) is 0 Å². The molecule has 12 heteroatoms. The number of phenols is 1. The van der Waals surface area contributed by atoms with E-state index in [0.717, 1.165) is 10.6 Å². The van der Waals surface area contributed by atoms with Crippen LogP contribution in [0, 0.1) is 13.8 Å². The second-order valence-electron chi connectivity index (χ2n) is 10.9. The van der Waals surface area contributed by atoms with Crippen LogP contribution in [0.3, 0.4) is 0 Å². The minimum Gasteiger partial charge on any atom is -0.507 e. The Bertz CT molecular complexity index is 1370. The number of hydrogen-bond donors (Lipinski definition) is 3. The maximum Gasteiger partial charge on any atom is 0.310 e. The van der Waals surface area contributed by atoms with Crippen molar-refractivity contribution in [2.75, 3.05) is 6.54 Å². The van der Waals surface area contributed by atoms with Crippen LogP contribution in [0.25, 0.3) is 0 Å². The summed E-state index contributed by atoms with van der Waals surface area (Å²) in [5.74, 6) is -2.41. The molecule has 3 fully saturated rings. The van der Waals surface area contributed by atoms with Gasteiger partial charge in [-0.05, 0) is 61.9 Å². The smallest absolute Gasteiger partial charge is 0.310 e. The van der Waals surface area contributed by atoms with Crippen LogP contribution < -0.4 is 10.6 Å². The molecule has 3 saturated heterocycles. The zero-order valence-corrected chi connectivity index (χ0v) is 23.5. The molecule has 0 spiro atoms. The van der Waals surface area contributed by atoms with E-state index in [9.17, 15) is 29.1 Å². The zero-order valence-electron chi connectivity index (χ0n) is 23.5. The predicted octanol–water partition coefficient (Wildman–Crippen LogP) is 1.61. The number of phenolic OH excluding ortho intramolecular Hbond substituents is 1. The number of rotatable bonds is 7. The maximum atomic E-state index is 13.8. The number of nitrogens with one attached hydrogen (secondary N) is 2. The van der Waals surface area contributed by atoms with Crippen LogP contribution in [0.2, 0.25) is 0 Å². The minimum atomic E-state index is -1.05. The topological polar surface area (TPSA) is 155 Å². The fraction of sp³-hybridized carbons (Fsp3) is 0.433. The van der Waals surface area contributed by atoms with Gasteiger partial charge in [-0.2, -0.15) is 0 Å². The van der Waals surface area contributed by atoms with Gasteiger partial charge in [-0.15, -0.1) is 0 Å². The van der Waals surface area contributed by atoms with Gasteiger partial charge < -0.3 is 25.2 Å². The number of cyclic esters (lactones) is 1. The van der Waals surface area contributed by atoms with Crippen LogP contribution in [-0.4, -0.2) is 75.7 Å². The number of hydrogen-bond acceptors (Lipinski definition) is 8. The molecule has 0 aromatic heterocycles. The minimum absolute atomic E-state index is 0.00945. The summed E-state index contributed by atoms with van der Waals surface area (Å²) in [5.41, 5.74) is 2.17. The number of carbonyl (C=O) groups excluding carboxylic acids is 5. The van der Waals surface area contributed by atoms with Crippen molar-refractivity contribution in [1.82, 2.24) is 20.7 Å². The maximum absolute atomic E-state index is 13.8. The fourth-order valence-electron chi connectivity index (χ4n) is 5.57. The lowest BCUT2D eigenvalue weighted by Gasteiger charge is -2.43. The molecule has 3 aliphatic rings. The predicted molar refractivity (Wildman–Crippen MR) is 147 cm³/mol. The first-order valence-electron chi connectivity index (χ1n) is 14.0. The molecular formula is C30H34N4O8. The number of benzene rings is 2. The number of hydrazine groups is 1. The van der Waals surface area contributed by atoms with E-state index in [-0.39, 0.29) is 56.1 Å². The monoisotopic (exact) mass is 578 g/mol. The Balaban J connectivity index is 1.30. The van der Waals surface area contributed by atoms with Gasteiger partial charge in [0.1, 0.15) is 23.9 Å². The van der Waals surface area contributed by atoms with Crippen LogP contribution >= 0.6 is 0 Å². The zero-order chi connectivity index (χ0) is 30.0. The molecule has 4 amide bonds. The standard InChI is InChI=1S/C30H34N4O8/c1-17-13-20(14-18(2)26(17)37)27(38)31-21-10-11-24(35)33-12-6-9-23(34(33)29(21)40)28(39)32-22-15-25(36)42-30(22)41-16-19-7-4-3-5-8-19/h3-5,7-8,13-14,21-23,30,37H,6,9-12,15-16H2,1-2H3,(H,31,38)(H,32,39)/t21-,22-,23-,30?/m0/s1. The fourth-order valence-corrected chi connectivity index (χ4v) is 5.57. The number of ether oxygens (including phenoxy) is 2.